The second-order valence-corrected chi connectivity index (χ2v) is 6.76. The van der Waals surface area contributed by atoms with Gasteiger partial charge in [0.1, 0.15) is 0 Å². The topological polar surface area (TPSA) is 43.1 Å². The highest BCUT2D eigenvalue weighted by atomic mass is 79.9. The maximum Gasteiger partial charge on any atom is 0.416 e. The number of hydrogen-bond donors (Lipinski definition) is 0. The fourth-order valence-corrected chi connectivity index (χ4v) is 4.00. The van der Waals surface area contributed by atoms with E-state index in [4.69, 9.17) is 0 Å². The third kappa shape index (κ3) is 2.72. The number of hydrogen-bond acceptors (Lipinski definition) is 3. The number of benzene rings is 2. The first-order valence-corrected chi connectivity index (χ1v) is 7.71. The van der Waals surface area contributed by atoms with Crippen LogP contribution in [0.15, 0.2) is 44.6 Å². The van der Waals surface area contributed by atoms with Gasteiger partial charge in [0.2, 0.25) is 0 Å². The zero-order valence-corrected chi connectivity index (χ0v) is 13.2. The second kappa shape index (κ2) is 5.27. The van der Waals surface area contributed by atoms with Crippen LogP contribution < -0.4 is 0 Å². The van der Waals surface area contributed by atoms with Crippen molar-refractivity contribution in [3.05, 3.63) is 61.6 Å². The molecule has 3 rings (SSSR count). The molecule has 1 aliphatic rings. The summed E-state index contributed by atoms with van der Waals surface area (Å²) in [6.07, 6.45) is -4.36. The van der Waals surface area contributed by atoms with E-state index in [0.29, 0.717) is 11.6 Å². The Balaban J connectivity index is 2.18. The van der Waals surface area contributed by atoms with Gasteiger partial charge in [-0.1, -0.05) is 33.8 Å². The van der Waals surface area contributed by atoms with E-state index in [-0.39, 0.29) is 11.3 Å². The molecular weight excluding hydrogens is 383 g/mol. The van der Waals surface area contributed by atoms with E-state index in [9.17, 15) is 23.3 Å². The Bertz CT molecular complexity index is 792. The molecule has 0 atom stereocenters. The maximum atomic E-state index is 12.9. The zero-order chi connectivity index (χ0) is 16.1. The standard InChI is InChI=1S/C14H7BrF3NO2S/c15-9-2-1-7-3-10-11(19(20)21)4-8(14(16,17)18)5-13(10)22-12(7)6-9/h1-2,4-6H,3H2. The molecule has 0 aliphatic carbocycles. The molecule has 0 N–H and O–H groups in total. The molecule has 0 aromatic heterocycles. The van der Waals surface area contributed by atoms with E-state index in [1.54, 1.807) is 12.1 Å². The molecule has 8 heteroatoms. The van der Waals surface area contributed by atoms with Gasteiger partial charge in [-0.25, -0.2) is 0 Å². The van der Waals surface area contributed by atoms with E-state index in [1.807, 2.05) is 6.07 Å². The molecule has 1 heterocycles. The molecule has 0 spiro atoms. The summed E-state index contributed by atoms with van der Waals surface area (Å²) in [7, 11) is 0. The van der Waals surface area contributed by atoms with Gasteiger partial charge in [0.25, 0.3) is 5.69 Å². The van der Waals surface area contributed by atoms with Crippen LogP contribution in [0.1, 0.15) is 16.7 Å². The van der Waals surface area contributed by atoms with Gasteiger partial charge in [0, 0.05) is 32.3 Å². The molecule has 2 aromatic rings. The van der Waals surface area contributed by atoms with Crippen LogP contribution in [0.25, 0.3) is 0 Å². The quantitative estimate of drug-likeness (QED) is 0.411. The highest BCUT2D eigenvalue weighted by molar-refractivity contribution is 9.10. The first-order valence-electron chi connectivity index (χ1n) is 6.10. The Morgan fingerprint density at radius 2 is 1.91 bits per heavy atom. The molecule has 1 aliphatic heterocycles. The third-order valence-corrected chi connectivity index (χ3v) is 5.00. The zero-order valence-electron chi connectivity index (χ0n) is 10.8. The molecule has 0 unspecified atom stereocenters. The summed E-state index contributed by atoms with van der Waals surface area (Å²) in [5.41, 5.74) is -0.281. The summed E-state index contributed by atoms with van der Waals surface area (Å²) in [6, 6.07) is 7.02. The van der Waals surface area contributed by atoms with Crippen molar-refractivity contribution >= 4 is 33.4 Å². The number of alkyl halides is 3. The average Bonchev–Trinajstić information content (AvgIpc) is 2.42. The lowest BCUT2D eigenvalue weighted by Crippen LogP contribution is -2.10. The van der Waals surface area contributed by atoms with E-state index >= 15 is 0 Å². The van der Waals surface area contributed by atoms with Gasteiger partial charge >= 0.3 is 6.18 Å². The van der Waals surface area contributed by atoms with Gasteiger partial charge in [0.05, 0.1) is 10.5 Å². The Kier molecular flexibility index (Phi) is 3.68. The first kappa shape index (κ1) is 15.4. The van der Waals surface area contributed by atoms with Crippen LogP contribution in [-0.2, 0) is 12.6 Å². The Labute approximate surface area is 135 Å². The second-order valence-electron chi connectivity index (χ2n) is 4.76. The summed E-state index contributed by atoms with van der Waals surface area (Å²) in [4.78, 5) is 11.5. The smallest absolute Gasteiger partial charge is 0.258 e. The summed E-state index contributed by atoms with van der Waals surface area (Å²) in [5, 5.41) is 11.1. The van der Waals surface area contributed by atoms with Crippen molar-refractivity contribution in [2.45, 2.75) is 22.4 Å². The van der Waals surface area contributed by atoms with Crippen LogP contribution in [0.5, 0.6) is 0 Å². The number of fused-ring (bicyclic) bond motifs is 2. The monoisotopic (exact) mass is 389 g/mol. The highest BCUT2D eigenvalue weighted by Crippen LogP contribution is 2.46. The summed E-state index contributed by atoms with van der Waals surface area (Å²) in [5.74, 6) is 0. The largest absolute Gasteiger partial charge is 0.416 e. The minimum absolute atomic E-state index is 0.249. The van der Waals surface area contributed by atoms with E-state index in [2.05, 4.69) is 15.9 Å². The number of nitrogens with zero attached hydrogens (tertiary/aromatic N) is 1. The van der Waals surface area contributed by atoms with Crippen molar-refractivity contribution in [1.29, 1.82) is 0 Å². The maximum absolute atomic E-state index is 12.9. The Hall–Kier alpha value is -1.54. The van der Waals surface area contributed by atoms with Gasteiger partial charge in [-0.3, -0.25) is 10.1 Å². The van der Waals surface area contributed by atoms with E-state index in [0.717, 1.165) is 32.8 Å². The van der Waals surface area contributed by atoms with Crippen molar-refractivity contribution in [2.75, 3.05) is 0 Å². The Morgan fingerprint density at radius 1 is 1.18 bits per heavy atom. The first-order chi connectivity index (χ1) is 10.3. The number of nitro benzene ring substituents is 1. The van der Waals surface area contributed by atoms with Gasteiger partial charge < -0.3 is 0 Å². The van der Waals surface area contributed by atoms with Crippen LogP contribution >= 0.6 is 27.7 Å². The fraction of sp³-hybridized carbons (Fsp3) is 0.143. The van der Waals surface area contributed by atoms with Crippen molar-refractivity contribution in [1.82, 2.24) is 0 Å². The molecule has 0 fully saturated rings. The SMILES string of the molecule is O=[N+]([O-])c1cc(C(F)(F)F)cc2c1Cc1ccc(Br)cc1S2. The van der Waals surface area contributed by atoms with Gasteiger partial charge in [-0.05, 0) is 23.8 Å². The van der Waals surface area contributed by atoms with Crippen molar-refractivity contribution in [3.63, 3.8) is 0 Å². The minimum Gasteiger partial charge on any atom is -0.258 e. The van der Waals surface area contributed by atoms with Crippen molar-refractivity contribution in [2.24, 2.45) is 0 Å². The van der Waals surface area contributed by atoms with Gasteiger partial charge in [-0.15, -0.1) is 0 Å². The van der Waals surface area contributed by atoms with Crippen molar-refractivity contribution < 1.29 is 18.1 Å². The van der Waals surface area contributed by atoms with Crippen LogP contribution in [0.3, 0.4) is 0 Å². The molecule has 0 saturated heterocycles. The third-order valence-electron chi connectivity index (χ3n) is 3.33. The van der Waals surface area contributed by atoms with Gasteiger partial charge in [0.15, 0.2) is 0 Å². The lowest BCUT2D eigenvalue weighted by Gasteiger charge is -2.20. The molecule has 0 bridgehead atoms. The molecular formula is C14H7BrF3NO2S. The Morgan fingerprint density at radius 3 is 2.55 bits per heavy atom. The lowest BCUT2D eigenvalue weighted by atomic mass is 10.0. The number of rotatable bonds is 1. The predicted octanol–water partition coefficient (Wildman–Crippen LogP) is 5.43. The van der Waals surface area contributed by atoms with Crippen molar-refractivity contribution in [3.8, 4) is 0 Å². The van der Waals surface area contributed by atoms with Crippen LogP contribution in [0, 0.1) is 10.1 Å². The molecule has 3 nitrogen and oxygen atoms in total. The molecule has 0 amide bonds. The molecule has 114 valence electrons. The van der Waals surface area contributed by atoms with E-state index < -0.39 is 22.4 Å². The van der Waals surface area contributed by atoms with Crippen LogP contribution in [-0.4, -0.2) is 4.92 Å². The summed E-state index contributed by atoms with van der Waals surface area (Å²) < 4.78 is 39.6. The normalized spacial score (nSPS) is 13.5. The predicted molar refractivity (Wildman–Crippen MR) is 79.2 cm³/mol. The van der Waals surface area contributed by atoms with Crippen LogP contribution in [0.2, 0.25) is 0 Å². The molecule has 22 heavy (non-hydrogen) atoms. The fourth-order valence-electron chi connectivity index (χ4n) is 2.30. The lowest BCUT2D eigenvalue weighted by molar-refractivity contribution is -0.386. The molecule has 2 aromatic carbocycles. The number of halogens is 4. The average molecular weight is 390 g/mol. The summed E-state index contributed by atoms with van der Waals surface area (Å²) in [6.45, 7) is 0. The molecule has 0 radical (unpaired) electrons. The van der Waals surface area contributed by atoms with Crippen LogP contribution in [0.4, 0.5) is 18.9 Å². The van der Waals surface area contributed by atoms with Gasteiger partial charge in [-0.2, -0.15) is 13.2 Å². The number of nitro groups is 1. The minimum atomic E-state index is -4.61. The molecule has 0 saturated carbocycles. The highest BCUT2D eigenvalue weighted by Gasteiger charge is 2.35. The summed E-state index contributed by atoms with van der Waals surface area (Å²) >= 11 is 4.44. The van der Waals surface area contributed by atoms with E-state index in [1.165, 1.54) is 0 Å².